The van der Waals surface area contributed by atoms with E-state index in [0.29, 0.717) is 42.7 Å². The smallest absolute Gasteiger partial charge is 0.267 e. The summed E-state index contributed by atoms with van der Waals surface area (Å²) < 4.78 is 0. The standard InChI is InChI=1S/C27H35N5O3/c1-17(2)13-21-9-6-11-32(21)23-16-22(24(28)33)29-25(30-23)20-8-5-7-19(15-20)14-18(3)27(35)10-12-31(4)26(27)34/h5,7-8,15-17,21,35H,3,6,9-14H2,1-2,4H3,(H2,28,33). The zero-order valence-corrected chi connectivity index (χ0v) is 20.8. The fourth-order valence-electron chi connectivity index (χ4n) is 5.16. The van der Waals surface area contributed by atoms with Crippen molar-refractivity contribution in [3.05, 3.63) is 53.7 Å². The highest BCUT2D eigenvalue weighted by atomic mass is 16.3. The molecule has 2 aliphatic rings. The van der Waals surface area contributed by atoms with E-state index in [0.717, 1.165) is 42.8 Å². The Bertz CT molecular complexity index is 1150. The van der Waals surface area contributed by atoms with Crippen molar-refractivity contribution in [1.29, 1.82) is 0 Å². The number of primary amides is 1. The fraction of sp³-hybridized carbons (Fsp3) is 0.481. The van der Waals surface area contributed by atoms with Crippen molar-refractivity contribution in [3.63, 3.8) is 0 Å². The number of nitrogens with zero attached hydrogens (tertiary/aromatic N) is 4. The summed E-state index contributed by atoms with van der Waals surface area (Å²) >= 11 is 0. The number of anilines is 1. The van der Waals surface area contributed by atoms with Gasteiger partial charge >= 0.3 is 0 Å². The van der Waals surface area contributed by atoms with Crippen LogP contribution in [0.1, 0.15) is 55.6 Å². The highest BCUT2D eigenvalue weighted by Gasteiger charge is 2.45. The van der Waals surface area contributed by atoms with Gasteiger partial charge in [-0.3, -0.25) is 9.59 Å². The van der Waals surface area contributed by atoms with Crippen LogP contribution in [0.3, 0.4) is 0 Å². The van der Waals surface area contributed by atoms with Crippen LogP contribution >= 0.6 is 0 Å². The van der Waals surface area contributed by atoms with Crippen molar-refractivity contribution in [1.82, 2.24) is 14.9 Å². The van der Waals surface area contributed by atoms with E-state index in [-0.39, 0.29) is 11.6 Å². The lowest BCUT2D eigenvalue weighted by Gasteiger charge is -2.27. The molecule has 2 amide bonds. The van der Waals surface area contributed by atoms with Crippen LogP contribution in [0.25, 0.3) is 11.4 Å². The average molecular weight is 478 g/mol. The second-order valence-corrected chi connectivity index (χ2v) is 10.2. The van der Waals surface area contributed by atoms with Crippen molar-refractivity contribution in [2.45, 2.75) is 57.6 Å². The molecule has 2 saturated heterocycles. The number of hydrogen-bond acceptors (Lipinski definition) is 6. The van der Waals surface area contributed by atoms with Crippen LogP contribution < -0.4 is 10.6 Å². The number of nitrogens with two attached hydrogens (primary N) is 1. The molecular weight excluding hydrogens is 442 g/mol. The number of likely N-dealkylation sites (tertiary alicyclic amines) is 1. The summed E-state index contributed by atoms with van der Waals surface area (Å²) in [5, 5.41) is 10.9. The third-order valence-electron chi connectivity index (χ3n) is 7.08. The summed E-state index contributed by atoms with van der Waals surface area (Å²) in [6.07, 6.45) is 3.91. The summed E-state index contributed by atoms with van der Waals surface area (Å²) in [5.41, 5.74) is 6.34. The van der Waals surface area contributed by atoms with Crippen LogP contribution in [-0.2, 0) is 11.2 Å². The molecule has 0 bridgehead atoms. The number of likely N-dealkylation sites (N-methyl/N-ethyl adjacent to an activating group) is 1. The minimum Gasteiger partial charge on any atom is -0.376 e. The largest absolute Gasteiger partial charge is 0.376 e. The molecule has 186 valence electrons. The van der Waals surface area contributed by atoms with E-state index in [4.69, 9.17) is 10.7 Å². The van der Waals surface area contributed by atoms with E-state index in [1.165, 1.54) is 4.90 Å². The lowest BCUT2D eigenvalue weighted by molar-refractivity contribution is -0.139. The number of benzene rings is 1. The number of aromatic nitrogens is 2. The Kier molecular flexibility index (Phi) is 6.94. The van der Waals surface area contributed by atoms with Crippen LogP contribution in [0, 0.1) is 5.92 Å². The van der Waals surface area contributed by atoms with Crippen molar-refractivity contribution in [2.75, 3.05) is 25.0 Å². The Hall–Kier alpha value is -3.26. The Labute approximate surface area is 206 Å². The first-order valence-corrected chi connectivity index (χ1v) is 12.3. The molecule has 8 nitrogen and oxygen atoms in total. The Morgan fingerprint density at radius 3 is 2.71 bits per heavy atom. The minimum absolute atomic E-state index is 0.184. The normalized spacial score (nSPS) is 22.3. The van der Waals surface area contributed by atoms with Crippen molar-refractivity contribution >= 4 is 17.6 Å². The van der Waals surface area contributed by atoms with Gasteiger partial charge in [0.05, 0.1) is 0 Å². The predicted octanol–water partition coefficient (Wildman–Crippen LogP) is 2.95. The molecule has 3 heterocycles. The third-order valence-corrected chi connectivity index (χ3v) is 7.08. The maximum atomic E-state index is 12.5. The van der Waals surface area contributed by atoms with Crippen LogP contribution in [0.4, 0.5) is 5.82 Å². The van der Waals surface area contributed by atoms with Gasteiger partial charge in [0, 0.05) is 44.2 Å². The maximum Gasteiger partial charge on any atom is 0.267 e. The first kappa shape index (κ1) is 24.9. The number of hydrogen-bond donors (Lipinski definition) is 2. The average Bonchev–Trinajstić information content (AvgIpc) is 3.39. The van der Waals surface area contributed by atoms with E-state index in [2.05, 4.69) is 30.3 Å². The molecule has 1 aromatic carbocycles. The van der Waals surface area contributed by atoms with Gasteiger partial charge in [-0.2, -0.15) is 0 Å². The lowest BCUT2D eigenvalue weighted by Crippen LogP contribution is -2.40. The Morgan fingerprint density at radius 1 is 1.29 bits per heavy atom. The molecule has 8 heteroatoms. The molecule has 2 aliphatic heterocycles. The van der Waals surface area contributed by atoms with Crippen molar-refractivity contribution < 1.29 is 14.7 Å². The van der Waals surface area contributed by atoms with Gasteiger partial charge in [-0.1, -0.05) is 38.6 Å². The van der Waals surface area contributed by atoms with Crippen LogP contribution in [0.2, 0.25) is 0 Å². The second kappa shape index (κ2) is 9.77. The van der Waals surface area contributed by atoms with E-state index in [9.17, 15) is 14.7 Å². The zero-order chi connectivity index (χ0) is 25.3. The molecule has 2 unspecified atom stereocenters. The Balaban J connectivity index is 1.64. The van der Waals surface area contributed by atoms with Gasteiger partial charge in [-0.05, 0) is 48.8 Å². The lowest BCUT2D eigenvalue weighted by atomic mass is 9.88. The van der Waals surface area contributed by atoms with Crippen LogP contribution in [0.15, 0.2) is 42.5 Å². The van der Waals surface area contributed by atoms with Gasteiger partial charge in [-0.15, -0.1) is 0 Å². The zero-order valence-electron chi connectivity index (χ0n) is 20.8. The topological polar surface area (TPSA) is 113 Å². The molecule has 2 atom stereocenters. The second-order valence-electron chi connectivity index (χ2n) is 10.2. The molecule has 2 fully saturated rings. The monoisotopic (exact) mass is 477 g/mol. The van der Waals surface area contributed by atoms with E-state index in [1.807, 2.05) is 24.3 Å². The number of carbonyl (C=O) groups is 2. The van der Waals surface area contributed by atoms with Gasteiger partial charge < -0.3 is 20.6 Å². The van der Waals surface area contributed by atoms with Gasteiger partial charge in [0.2, 0.25) is 0 Å². The summed E-state index contributed by atoms with van der Waals surface area (Å²) in [6.45, 7) is 9.84. The number of rotatable bonds is 8. The molecule has 1 aromatic heterocycles. The Morgan fingerprint density at radius 2 is 2.06 bits per heavy atom. The fourth-order valence-corrected chi connectivity index (χ4v) is 5.16. The number of aliphatic hydroxyl groups is 1. The molecular formula is C27H35N5O3. The molecule has 0 saturated carbocycles. The molecule has 0 aliphatic carbocycles. The van der Waals surface area contributed by atoms with Gasteiger partial charge in [0.25, 0.3) is 11.8 Å². The molecule has 2 aromatic rings. The van der Waals surface area contributed by atoms with E-state index < -0.39 is 11.5 Å². The summed E-state index contributed by atoms with van der Waals surface area (Å²) in [4.78, 5) is 37.6. The molecule has 4 rings (SSSR count). The highest BCUT2D eigenvalue weighted by Crippen LogP contribution is 2.32. The number of carbonyl (C=O) groups excluding carboxylic acids is 2. The van der Waals surface area contributed by atoms with E-state index >= 15 is 0 Å². The first-order valence-electron chi connectivity index (χ1n) is 12.3. The first-order chi connectivity index (χ1) is 16.6. The van der Waals surface area contributed by atoms with Gasteiger partial charge in [0.1, 0.15) is 11.5 Å². The minimum atomic E-state index is -1.54. The highest BCUT2D eigenvalue weighted by molar-refractivity contribution is 5.92. The molecule has 0 radical (unpaired) electrons. The maximum absolute atomic E-state index is 12.5. The van der Waals surface area contributed by atoms with Crippen LogP contribution in [-0.4, -0.2) is 63.6 Å². The summed E-state index contributed by atoms with van der Waals surface area (Å²) in [5.74, 6) is 0.793. The van der Waals surface area contributed by atoms with Crippen molar-refractivity contribution in [3.8, 4) is 11.4 Å². The van der Waals surface area contributed by atoms with Crippen LogP contribution in [0.5, 0.6) is 0 Å². The van der Waals surface area contributed by atoms with E-state index in [1.54, 1.807) is 13.1 Å². The van der Waals surface area contributed by atoms with Crippen molar-refractivity contribution in [2.24, 2.45) is 11.7 Å². The quantitative estimate of drug-likeness (QED) is 0.565. The molecule has 35 heavy (non-hydrogen) atoms. The third kappa shape index (κ3) is 5.07. The molecule has 3 N–H and O–H groups in total. The summed E-state index contributed by atoms with van der Waals surface area (Å²) in [6, 6.07) is 9.65. The van der Waals surface area contributed by atoms with Gasteiger partial charge in [-0.25, -0.2) is 9.97 Å². The predicted molar refractivity (Wildman–Crippen MR) is 136 cm³/mol. The SMILES string of the molecule is C=C(Cc1cccc(-c2nc(C(N)=O)cc(N3CCCC3CC(C)C)n2)c1)C1(O)CCN(C)C1=O. The number of amides is 2. The molecule has 0 spiro atoms. The summed E-state index contributed by atoms with van der Waals surface area (Å²) in [7, 11) is 1.68. The van der Waals surface area contributed by atoms with Gasteiger partial charge in [0.15, 0.2) is 11.4 Å².